The molecule has 0 radical (unpaired) electrons. The van der Waals surface area contributed by atoms with Crippen molar-refractivity contribution in [3.63, 3.8) is 0 Å². The first-order valence-electron chi connectivity index (χ1n) is 9.70. The number of nitrogens with one attached hydrogen (secondary N) is 1. The molecule has 6 heteroatoms. The Hall–Kier alpha value is -2.08. The molecule has 0 atom stereocenters. The second-order valence-corrected chi connectivity index (χ2v) is 9.11. The molecule has 1 aliphatic heterocycles. The monoisotopic (exact) mass is 372 g/mol. The van der Waals surface area contributed by atoms with Crippen molar-refractivity contribution in [2.24, 2.45) is 11.1 Å². The molecule has 3 rings (SSSR count). The molecule has 0 bridgehead atoms. The Labute approximate surface area is 162 Å². The number of carbonyl (C=O) groups is 2. The van der Waals surface area contributed by atoms with Crippen molar-refractivity contribution < 1.29 is 9.59 Å². The summed E-state index contributed by atoms with van der Waals surface area (Å²) < 4.78 is 0. The van der Waals surface area contributed by atoms with Gasteiger partial charge in [0.2, 0.25) is 5.91 Å². The fourth-order valence-corrected chi connectivity index (χ4v) is 4.63. The molecule has 1 saturated carbocycles. The molecule has 0 unspecified atom stereocenters. The highest BCUT2D eigenvalue weighted by Crippen LogP contribution is 2.46. The largest absolute Gasteiger partial charge is 0.369 e. The molecule has 0 aromatic heterocycles. The minimum atomic E-state index is -0.727. The van der Waals surface area contributed by atoms with Crippen molar-refractivity contribution in [2.45, 2.75) is 50.6 Å². The number of amides is 3. The molecule has 1 heterocycles. The Kier molecular flexibility index (Phi) is 4.97. The zero-order valence-corrected chi connectivity index (χ0v) is 16.9. The van der Waals surface area contributed by atoms with Gasteiger partial charge in [-0.25, -0.2) is 4.79 Å². The Morgan fingerprint density at radius 2 is 1.78 bits per heavy atom. The van der Waals surface area contributed by atoms with Gasteiger partial charge < -0.3 is 16.0 Å². The lowest BCUT2D eigenvalue weighted by Gasteiger charge is -2.48. The van der Waals surface area contributed by atoms with E-state index in [9.17, 15) is 9.59 Å². The van der Waals surface area contributed by atoms with E-state index in [1.807, 2.05) is 6.07 Å². The molecule has 27 heavy (non-hydrogen) atoms. The molecule has 6 nitrogen and oxygen atoms in total. The first-order chi connectivity index (χ1) is 12.6. The molecule has 3 amide bonds. The minimum absolute atomic E-state index is 0.00282. The highest BCUT2D eigenvalue weighted by atomic mass is 16.2. The van der Waals surface area contributed by atoms with E-state index in [0.29, 0.717) is 13.1 Å². The summed E-state index contributed by atoms with van der Waals surface area (Å²) in [6.07, 6.45) is 3.80. The lowest BCUT2D eigenvalue weighted by atomic mass is 9.69. The van der Waals surface area contributed by atoms with Crippen LogP contribution in [0.5, 0.6) is 0 Å². The van der Waals surface area contributed by atoms with Gasteiger partial charge in [0.1, 0.15) is 0 Å². The van der Waals surface area contributed by atoms with E-state index in [4.69, 9.17) is 5.73 Å². The van der Waals surface area contributed by atoms with Crippen LogP contribution in [0, 0.1) is 5.41 Å². The van der Waals surface area contributed by atoms with Gasteiger partial charge in [-0.1, -0.05) is 30.3 Å². The molecule has 2 fully saturated rings. The van der Waals surface area contributed by atoms with Crippen LogP contribution >= 0.6 is 0 Å². The van der Waals surface area contributed by atoms with Crippen LogP contribution in [-0.2, 0) is 10.3 Å². The third kappa shape index (κ3) is 3.55. The van der Waals surface area contributed by atoms with E-state index in [2.05, 4.69) is 48.6 Å². The molecule has 1 saturated heterocycles. The van der Waals surface area contributed by atoms with Crippen molar-refractivity contribution in [1.82, 2.24) is 15.1 Å². The Bertz CT molecular complexity index is 706. The molecule has 1 aromatic carbocycles. The molecule has 1 spiro atoms. The number of nitrogens with zero attached hydrogens (tertiary/aromatic N) is 2. The fraction of sp³-hybridized carbons (Fsp3) is 0.619. The van der Waals surface area contributed by atoms with Gasteiger partial charge in [-0.15, -0.1) is 0 Å². The predicted molar refractivity (Wildman–Crippen MR) is 106 cm³/mol. The number of benzene rings is 1. The van der Waals surface area contributed by atoms with Gasteiger partial charge in [0.25, 0.3) is 0 Å². The number of hydrogen-bond acceptors (Lipinski definition) is 3. The van der Waals surface area contributed by atoms with Crippen molar-refractivity contribution in [3.8, 4) is 0 Å². The summed E-state index contributed by atoms with van der Waals surface area (Å²) >= 11 is 0. The molecular weight excluding hydrogens is 340 g/mol. The summed E-state index contributed by atoms with van der Waals surface area (Å²) in [5.74, 6) is -0.379. The Morgan fingerprint density at radius 3 is 2.30 bits per heavy atom. The van der Waals surface area contributed by atoms with E-state index >= 15 is 0 Å². The van der Waals surface area contributed by atoms with Crippen LogP contribution in [0.4, 0.5) is 4.79 Å². The maximum Gasteiger partial charge on any atom is 0.318 e. The van der Waals surface area contributed by atoms with Crippen LogP contribution < -0.4 is 11.1 Å². The number of primary amides is 1. The molecule has 2 aliphatic rings. The standard InChI is InChI=1S/C21H32N4O2/c1-19(2,17(22)26)14-25-15-20(23-18(25)27)10-12-21(13-11-20,24(3)4)16-8-6-5-7-9-16/h5-9H,10-15H2,1-4H3,(H2,22,26)(H,23,27). The zero-order valence-electron chi connectivity index (χ0n) is 16.9. The molecule has 3 N–H and O–H groups in total. The van der Waals surface area contributed by atoms with Gasteiger partial charge in [-0.2, -0.15) is 0 Å². The Morgan fingerprint density at radius 1 is 1.19 bits per heavy atom. The van der Waals surface area contributed by atoms with Gasteiger partial charge in [-0.05, 0) is 59.2 Å². The number of carbonyl (C=O) groups excluding carboxylic acids is 2. The summed E-state index contributed by atoms with van der Waals surface area (Å²) in [6, 6.07) is 10.6. The summed E-state index contributed by atoms with van der Waals surface area (Å²) in [5.41, 5.74) is 5.89. The van der Waals surface area contributed by atoms with Gasteiger partial charge in [0, 0.05) is 18.6 Å². The van der Waals surface area contributed by atoms with Crippen molar-refractivity contribution in [2.75, 3.05) is 27.2 Å². The molecule has 1 aromatic rings. The van der Waals surface area contributed by atoms with E-state index < -0.39 is 5.41 Å². The minimum Gasteiger partial charge on any atom is -0.369 e. The van der Waals surface area contributed by atoms with Crippen molar-refractivity contribution >= 4 is 11.9 Å². The van der Waals surface area contributed by atoms with E-state index in [-0.39, 0.29) is 23.0 Å². The topological polar surface area (TPSA) is 78.7 Å². The van der Waals surface area contributed by atoms with Crippen LogP contribution in [-0.4, -0.2) is 54.5 Å². The highest BCUT2D eigenvalue weighted by molar-refractivity contribution is 5.82. The number of rotatable bonds is 5. The number of urea groups is 1. The quantitative estimate of drug-likeness (QED) is 0.832. The maximum absolute atomic E-state index is 12.6. The lowest BCUT2D eigenvalue weighted by molar-refractivity contribution is -0.126. The summed E-state index contributed by atoms with van der Waals surface area (Å²) in [5, 5.41) is 3.23. The summed E-state index contributed by atoms with van der Waals surface area (Å²) in [6.45, 7) is 4.58. The fourth-order valence-electron chi connectivity index (χ4n) is 4.63. The van der Waals surface area contributed by atoms with Crippen LogP contribution in [0.1, 0.15) is 45.1 Å². The average Bonchev–Trinajstić information content (AvgIpc) is 2.91. The van der Waals surface area contributed by atoms with Crippen molar-refractivity contribution in [3.05, 3.63) is 35.9 Å². The van der Waals surface area contributed by atoms with Crippen LogP contribution in [0.15, 0.2) is 30.3 Å². The maximum atomic E-state index is 12.6. The average molecular weight is 373 g/mol. The number of hydrogen-bond donors (Lipinski definition) is 2. The third-order valence-corrected chi connectivity index (χ3v) is 6.61. The van der Waals surface area contributed by atoms with E-state index in [0.717, 1.165) is 25.7 Å². The summed E-state index contributed by atoms with van der Waals surface area (Å²) in [4.78, 5) is 28.3. The zero-order chi connectivity index (χ0) is 19.9. The molecular formula is C21H32N4O2. The highest BCUT2D eigenvalue weighted by Gasteiger charge is 2.50. The third-order valence-electron chi connectivity index (χ3n) is 6.61. The van der Waals surface area contributed by atoms with Crippen molar-refractivity contribution in [1.29, 1.82) is 0 Å². The molecule has 1 aliphatic carbocycles. The first kappa shape index (κ1) is 19.7. The van der Waals surface area contributed by atoms with Gasteiger partial charge in [0.05, 0.1) is 11.0 Å². The molecule has 148 valence electrons. The first-order valence-corrected chi connectivity index (χ1v) is 9.70. The van der Waals surface area contributed by atoms with Crippen LogP contribution in [0.25, 0.3) is 0 Å². The normalized spacial score (nSPS) is 28.6. The second-order valence-electron chi connectivity index (χ2n) is 9.11. The lowest BCUT2D eigenvalue weighted by Crippen LogP contribution is -2.54. The van der Waals surface area contributed by atoms with Crippen LogP contribution in [0.2, 0.25) is 0 Å². The van der Waals surface area contributed by atoms with E-state index in [1.165, 1.54) is 5.56 Å². The smallest absolute Gasteiger partial charge is 0.318 e. The van der Waals surface area contributed by atoms with Gasteiger partial charge in [-0.3, -0.25) is 9.69 Å². The summed E-state index contributed by atoms with van der Waals surface area (Å²) in [7, 11) is 4.28. The van der Waals surface area contributed by atoms with Crippen LogP contribution in [0.3, 0.4) is 0 Å². The van der Waals surface area contributed by atoms with Gasteiger partial charge in [0.15, 0.2) is 0 Å². The van der Waals surface area contributed by atoms with Gasteiger partial charge >= 0.3 is 6.03 Å². The Balaban J connectivity index is 1.75. The predicted octanol–water partition coefficient (Wildman–Crippen LogP) is 2.29. The second kappa shape index (κ2) is 6.82. The number of nitrogens with two attached hydrogens (primary N) is 1. The van der Waals surface area contributed by atoms with E-state index in [1.54, 1.807) is 18.7 Å². The SMILES string of the molecule is CN(C)C1(c2ccccc2)CCC2(CC1)CN(CC(C)(C)C(N)=O)C(=O)N2.